The van der Waals surface area contributed by atoms with E-state index in [9.17, 15) is 9.59 Å². The van der Waals surface area contributed by atoms with Crippen LogP contribution in [0, 0.1) is 13.8 Å². The van der Waals surface area contributed by atoms with E-state index in [4.69, 9.17) is 0 Å². The van der Waals surface area contributed by atoms with E-state index in [1.807, 2.05) is 62.4 Å². The summed E-state index contributed by atoms with van der Waals surface area (Å²) in [5, 5.41) is 5.85. The van der Waals surface area contributed by atoms with Crippen molar-refractivity contribution in [3.8, 4) is 0 Å². The highest BCUT2D eigenvalue weighted by Gasteiger charge is 2.39. The first-order valence-corrected chi connectivity index (χ1v) is 8.72. The fraction of sp³-hybridized carbons (Fsp3) is 0.333. The Morgan fingerprint density at radius 3 is 2.20 bits per heavy atom. The summed E-state index contributed by atoms with van der Waals surface area (Å²) >= 11 is 0. The van der Waals surface area contributed by atoms with Gasteiger partial charge < -0.3 is 10.6 Å². The predicted molar refractivity (Wildman–Crippen MR) is 98.4 cm³/mol. The zero-order valence-corrected chi connectivity index (χ0v) is 14.8. The van der Waals surface area contributed by atoms with E-state index in [0.717, 1.165) is 36.0 Å². The number of carbonyl (C=O) groups excluding carboxylic acids is 2. The maximum Gasteiger partial charge on any atom is 0.251 e. The Kier molecular flexibility index (Phi) is 4.88. The lowest BCUT2D eigenvalue weighted by atomic mass is 9.72. The first-order valence-electron chi connectivity index (χ1n) is 8.72. The smallest absolute Gasteiger partial charge is 0.251 e. The van der Waals surface area contributed by atoms with Crippen LogP contribution in [0.4, 0.5) is 0 Å². The molecule has 1 aliphatic rings. The van der Waals surface area contributed by atoms with Gasteiger partial charge in [-0.1, -0.05) is 47.5 Å². The zero-order valence-electron chi connectivity index (χ0n) is 14.8. The fourth-order valence-electron chi connectivity index (χ4n) is 3.45. The van der Waals surface area contributed by atoms with Gasteiger partial charge in [-0.2, -0.15) is 0 Å². The van der Waals surface area contributed by atoms with Crippen molar-refractivity contribution >= 4 is 11.8 Å². The second-order valence-corrected chi connectivity index (χ2v) is 6.91. The number of hydrogen-bond donors (Lipinski definition) is 2. The number of amides is 2. The van der Waals surface area contributed by atoms with Crippen LogP contribution >= 0.6 is 0 Å². The van der Waals surface area contributed by atoms with Gasteiger partial charge in [-0.25, -0.2) is 0 Å². The number of carbonyl (C=O) groups is 2. The summed E-state index contributed by atoms with van der Waals surface area (Å²) < 4.78 is 0. The van der Waals surface area contributed by atoms with Crippen LogP contribution in [0.1, 0.15) is 46.3 Å². The van der Waals surface area contributed by atoms with E-state index < -0.39 is 0 Å². The maximum atomic E-state index is 12.4. The minimum Gasteiger partial charge on any atom is -0.345 e. The third-order valence-electron chi connectivity index (χ3n) is 4.81. The normalized spacial score (nSPS) is 15.1. The van der Waals surface area contributed by atoms with Gasteiger partial charge in [0, 0.05) is 5.56 Å². The number of nitrogens with one attached hydrogen (secondary N) is 2. The van der Waals surface area contributed by atoms with Gasteiger partial charge in [-0.3, -0.25) is 9.59 Å². The highest BCUT2D eigenvalue weighted by atomic mass is 16.2. The van der Waals surface area contributed by atoms with Crippen molar-refractivity contribution in [3.05, 3.63) is 70.8 Å². The minimum absolute atomic E-state index is 0.0135. The molecule has 1 saturated carbocycles. The third kappa shape index (κ3) is 3.90. The van der Waals surface area contributed by atoms with Crippen LogP contribution in [0.25, 0.3) is 0 Å². The molecular weight excluding hydrogens is 312 g/mol. The van der Waals surface area contributed by atoms with Gasteiger partial charge >= 0.3 is 0 Å². The molecule has 4 heteroatoms. The van der Waals surface area contributed by atoms with Crippen LogP contribution in [-0.4, -0.2) is 18.4 Å². The molecule has 0 atom stereocenters. The first kappa shape index (κ1) is 17.2. The highest BCUT2D eigenvalue weighted by molar-refractivity contribution is 5.96. The van der Waals surface area contributed by atoms with Crippen molar-refractivity contribution < 1.29 is 9.59 Å². The molecule has 2 aromatic rings. The van der Waals surface area contributed by atoms with Crippen molar-refractivity contribution in [2.24, 2.45) is 0 Å². The molecule has 0 unspecified atom stereocenters. The number of aryl methyl sites for hydroxylation is 2. The molecule has 130 valence electrons. The van der Waals surface area contributed by atoms with Crippen LogP contribution in [0.15, 0.2) is 48.5 Å². The molecular formula is C21H24N2O2. The Balaban J connectivity index is 1.60. The van der Waals surface area contributed by atoms with Gasteiger partial charge in [0.05, 0.1) is 12.1 Å². The quantitative estimate of drug-likeness (QED) is 0.881. The van der Waals surface area contributed by atoms with Crippen molar-refractivity contribution in [1.29, 1.82) is 0 Å². The largest absolute Gasteiger partial charge is 0.345 e. The maximum absolute atomic E-state index is 12.4. The van der Waals surface area contributed by atoms with Gasteiger partial charge in [0.2, 0.25) is 5.91 Å². The Hall–Kier alpha value is -2.62. The summed E-state index contributed by atoms with van der Waals surface area (Å²) in [4.78, 5) is 24.7. The molecule has 4 nitrogen and oxygen atoms in total. The highest BCUT2D eigenvalue weighted by Crippen LogP contribution is 2.40. The molecule has 1 aliphatic carbocycles. The molecule has 0 heterocycles. The summed E-state index contributed by atoms with van der Waals surface area (Å²) in [6.07, 6.45) is 2.98. The van der Waals surface area contributed by atoms with E-state index in [0.29, 0.717) is 5.56 Å². The molecule has 0 saturated heterocycles. The summed E-state index contributed by atoms with van der Waals surface area (Å²) in [6.45, 7) is 3.90. The van der Waals surface area contributed by atoms with E-state index in [1.165, 1.54) is 0 Å². The van der Waals surface area contributed by atoms with Crippen LogP contribution in [0.5, 0.6) is 0 Å². The molecule has 1 fully saturated rings. The molecule has 0 bridgehead atoms. The van der Waals surface area contributed by atoms with Gasteiger partial charge in [0.25, 0.3) is 5.91 Å². The Labute approximate surface area is 148 Å². The summed E-state index contributed by atoms with van der Waals surface area (Å²) in [5.41, 5.74) is 3.52. The lowest BCUT2D eigenvalue weighted by Crippen LogP contribution is -2.53. The fourth-order valence-corrected chi connectivity index (χ4v) is 3.45. The lowest BCUT2D eigenvalue weighted by molar-refractivity contribution is -0.123. The molecule has 2 amide bonds. The molecule has 0 aromatic heterocycles. The molecule has 3 rings (SSSR count). The Morgan fingerprint density at radius 1 is 1.00 bits per heavy atom. The molecule has 0 radical (unpaired) electrons. The SMILES string of the molecule is Cc1cc(C)cc(C(=O)NCC(=O)NC2(c3ccccc3)CCC2)c1. The van der Waals surface area contributed by atoms with Gasteiger partial charge in [-0.15, -0.1) is 0 Å². The van der Waals surface area contributed by atoms with Crippen molar-refractivity contribution in [2.75, 3.05) is 6.54 Å². The van der Waals surface area contributed by atoms with Crippen LogP contribution in [0.3, 0.4) is 0 Å². The average Bonchev–Trinajstić information content (AvgIpc) is 2.56. The number of hydrogen-bond acceptors (Lipinski definition) is 2. The lowest BCUT2D eigenvalue weighted by Gasteiger charge is -2.43. The molecule has 0 spiro atoms. The minimum atomic E-state index is -0.275. The van der Waals surface area contributed by atoms with Crippen LogP contribution in [0.2, 0.25) is 0 Å². The first-order chi connectivity index (χ1) is 12.0. The average molecular weight is 336 g/mol. The van der Waals surface area contributed by atoms with E-state index in [2.05, 4.69) is 10.6 Å². The molecule has 0 aliphatic heterocycles. The number of rotatable bonds is 5. The molecule has 2 N–H and O–H groups in total. The van der Waals surface area contributed by atoms with Gasteiger partial charge in [0.15, 0.2) is 0 Å². The van der Waals surface area contributed by atoms with Gasteiger partial charge in [-0.05, 0) is 50.8 Å². The molecule has 25 heavy (non-hydrogen) atoms. The van der Waals surface area contributed by atoms with Crippen LogP contribution < -0.4 is 10.6 Å². The summed E-state index contributed by atoms with van der Waals surface area (Å²) in [6, 6.07) is 15.7. The summed E-state index contributed by atoms with van der Waals surface area (Å²) in [7, 11) is 0. The van der Waals surface area contributed by atoms with E-state index in [-0.39, 0.29) is 23.9 Å². The predicted octanol–water partition coefficient (Wildman–Crippen LogP) is 3.23. The number of benzene rings is 2. The Bertz CT molecular complexity index is 759. The second-order valence-electron chi connectivity index (χ2n) is 6.91. The zero-order chi connectivity index (χ0) is 17.9. The van der Waals surface area contributed by atoms with Crippen molar-refractivity contribution in [3.63, 3.8) is 0 Å². The van der Waals surface area contributed by atoms with Gasteiger partial charge in [0.1, 0.15) is 0 Å². The van der Waals surface area contributed by atoms with E-state index in [1.54, 1.807) is 0 Å². The second kappa shape index (κ2) is 7.09. The summed E-state index contributed by atoms with van der Waals surface area (Å²) in [5.74, 6) is -0.370. The Morgan fingerprint density at radius 2 is 1.64 bits per heavy atom. The van der Waals surface area contributed by atoms with Crippen molar-refractivity contribution in [1.82, 2.24) is 10.6 Å². The third-order valence-corrected chi connectivity index (χ3v) is 4.81. The monoisotopic (exact) mass is 336 g/mol. The van der Waals surface area contributed by atoms with E-state index >= 15 is 0 Å². The topological polar surface area (TPSA) is 58.2 Å². The standard InChI is InChI=1S/C21H24N2O2/c1-15-11-16(2)13-17(12-15)20(25)22-14-19(24)23-21(9-6-10-21)18-7-4-3-5-8-18/h3-5,7-8,11-13H,6,9-10,14H2,1-2H3,(H,22,25)(H,23,24). The van der Waals surface area contributed by atoms with Crippen molar-refractivity contribution in [2.45, 2.75) is 38.6 Å². The molecule has 2 aromatic carbocycles. The van der Waals surface area contributed by atoms with Crippen LogP contribution in [-0.2, 0) is 10.3 Å².